The summed E-state index contributed by atoms with van der Waals surface area (Å²) in [6.45, 7) is 1.75. The molecule has 0 amide bonds. The molecule has 0 heterocycles. The highest BCUT2D eigenvalue weighted by Gasteiger charge is 2.01. The summed E-state index contributed by atoms with van der Waals surface area (Å²) < 4.78 is 0. The number of nitriles is 1. The number of aryl methyl sites for hydroxylation is 1. The molecule has 0 unspecified atom stereocenters. The van der Waals surface area contributed by atoms with Crippen LogP contribution in [0.1, 0.15) is 11.1 Å². The molecule has 1 aromatic carbocycles. The molecule has 3 nitrogen and oxygen atoms in total. The molecule has 0 aliphatic carbocycles. The largest absolute Gasteiger partial charge is 0.506 e. The number of phenols is 1. The second-order valence-corrected chi connectivity index (χ2v) is 2.34. The Labute approximate surface area is 64.7 Å². The number of benzene rings is 1. The van der Waals surface area contributed by atoms with Crippen LogP contribution in [-0.4, -0.2) is 5.11 Å². The first kappa shape index (κ1) is 7.42. The quantitative estimate of drug-likeness (QED) is 0.428. The third-order valence-corrected chi connectivity index (χ3v) is 1.49. The van der Waals surface area contributed by atoms with Gasteiger partial charge in [-0.25, -0.2) is 0 Å². The van der Waals surface area contributed by atoms with E-state index in [4.69, 9.17) is 16.1 Å². The van der Waals surface area contributed by atoms with Gasteiger partial charge in [0.2, 0.25) is 0 Å². The lowest BCUT2D eigenvalue weighted by Gasteiger charge is -2.00. The number of nitrogens with zero attached hydrogens (tertiary/aromatic N) is 1. The molecular formula is C8H8N2O. The van der Waals surface area contributed by atoms with Gasteiger partial charge in [0.25, 0.3) is 0 Å². The minimum absolute atomic E-state index is 0.0292. The van der Waals surface area contributed by atoms with E-state index in [2.05, 4.69) is 0 Å². The number of rotatable bonds is 0. The second-order valence-electron chi connectivity index (χ2n) is 2.34. The summed E-state index contributed by atoms with van der Waals surface area (Å²) in [5.74, 6) is 0.0292. The molecule has 0 aliphatic rings. The van der Waals surface area contributed by atoms with Crippen molar-refractivity contribution in [2.45, 2.75) is 6.92 Å². The fourth-order valence-corrected chi connectivity index (χ4v) is 0.830. The van der Waals surface area contributed by atoms with Gasteiger partial charge in [0.15, 0.2) is 0 Å². The van der Waals surface area contributed by atoms with Gasteiger partial charge in [0, 0.05) is 0 Å². The van der Waals surface area contributed by atoms with Gasteiger partial charge in [0.1, 0.15) is 5.75 Å². The first-order chi connectivity index (χ1) is 5.15. The zero-order valence-electron chi connectivity index (χ0n) is 6.13. The summed E-state index contributed by atoms with van der Waals surface area (Å²) in [6, 6.07) is 4.92. The first-order valence-electron chi connectivity index (χ1n) is 3.14. The van der Waals surface area contributed by atoms with Gasteiger partial charge in [-0.3, -0.25) is 0 Å². The fourth-order valence-electron chi connectivity index (χ4n) is 0.830. The topological polar surface area (TPSA) is 70.0 Å². The summed E-state index contributed by atoms with van der Waals surface area (Å²) in [5, 5.41) is 17.6. The van der Waals surface area contributed by atoms with Crippen LogP contribution in [0.3, 0.4) is 0 Å². The molecule has 0 spiro atoms. The van der Waals surface area contributed by atoms with Crippen LogP contribution in [0.15, 0.2) is 12.1 Å². The summed E-state index contributed by atoms with van der Waals surface area (Å²) >= 11 is 0. The summed E-state index contributed by atoms with van der Waals surface area (Å²) in [4.78, 5) is 0. The van der Waals surface area contributed by atoms with Crippen molar-refractivity contribution in [1.29, 1.82) is 5.26 Å². The number of hydrogen-bond acceptors (Lipinski definition) is 3. The van der Waals surface area contributed by atoms with Crippen molar-refractivity contribution in [3.63, 3.8) is 0 Å². The number of hydrogen-bond donors (Lipinski definition) is 2. The fraction of sp³-hybridized carbons (Fsp3) is 0.125. The number of nitrogen functional groups attached to an aromatic ring is 1. The van der Waals surface area contributed by atoms with Crippen molar-refractivity contribution in [2.24, 2.45) is 0 Å². The molecule has 3 N–H and O–H groups in total. The van der Waals surface area contributed by atoms with E-state index in [1.54, 1.807) is 6.92 Å². The molecule has 0 aromatic heterocycles. The normalized spacial score (nSPS) is 9.09. The molecule has 0 atom stereocenters. The van der Waals surface area contributed by atoms with Crippen LogP contribution in [0.4, 0.5) is 5.69 Å². The van der Waals surface area contributed by atoms with E-state index in [9.17, 15) is 0 Å². The molecule has 11 heavy (non-hydrogen) atoms. The van der Waals surface area contributed by atoms with E-state index in [1.807, 2.05) is 6.07 Å². The Hall–Kier alpha value is -1.69. The minimum atomic E-state index is 0.0292. The minimum Gasteiger partial charge on any atom is -0.506 e. The highest BCUT2D eigenvalue weighted by molar-refractivity contribution is 5.58. The first-order valence-corrected chi connectivity index (χ1v) is 3.14. The van der Waals surface area contributed by atoms with E-state index in [1.165, 1.54) is 12.1 Å². The van der Waals surface area contributed by atoms with Crippen molar-refractivity contribution in [3.8, 4) is 11.8 Å². The van der Waals surface area contributed by atoms with E-state index < -0.39 is 0 Å². The smallest absolute Gasteiger partial charge is 0.138 e. The molecule has 0 aliphatic heterocycles. The van der Waals surface area contributed by atoms with E-state index in [0.29, 0.717) is 5.56 Å². The second kappa shape index (κ2) is 2.51. The third kappa shape index (κ3) is 1.24. The molecule has 1 aromatic rings. The Balaban J connectivity index is 3.35. The zero-order valence-corrected chi connectivity index (χ0v) is 6.13. The van der Waals surface area contributed by atoms with E-state index >= 15 is 0 Å². The highest BCUT2D eigenvalue weighted by atomic mass is 16.3. The highest BCUT2D eigenvalue weighted by Crippen LogP contribution is 2.23. The molecule has 0 saturated carbocycles. The van der Waals surface area contributed by atoms with Crippen molar-refractivity contribution in [3.05, 3.63) is 23.3 Å². The van der Waals surface area contributed by atoms with Gasteiger partial charge in [-0.1, -0.05) is 0 Å². The Morgan fingerprint density at radius 3 is 2.73 bits per heavy atom. The lowest BCUT2D eigenvalue weighted by molar-refractivity contribution is 0.477. The van der Waals surface area contributed by atoms with Crippen LogP contribution >= 0.6 is 0 Å². The molecule has 56 valence electrons. The van der Waals surface area contributed by atoms with Gasteiger partial charge < -0.3 is 10.8 Å². The van der Waals surface area contributed by atoms with Crippen LogP contribution in [0.2, 0.25) is 0 Å². The molecule has 0 radical (unpaired) electrons. The van der Waals surface area contributed by atoms with Gasteiger partial charge >= 0.3 is 0 Å². The maximum Gasteiger partial charge on any atom is 0.138 e. The number of aromatic hydroxyl groups is 1. The number of phenolic OH excluding ortho intramolecular Hbond substituents is 1. The lowest BCUT2D eigenvalue weighted by atomic mass is 10.1. The van der Waals surface area contributed by atoms with E-state index in [-0.39, 0.29) is 11.4 Å². The van der Waals surface area contributed by atoms with Crippen LogP contribution in [0.25, 0.3) is 0 Å². The maximum absolute atomic E-state index is 9.09. The zero-order chi connectivity index (χ0) is 8.43. The monoisotopic (exact) mass is 148 g/mol. The summed E-state index contributed by atoms with van der Waals surface area (Å²) in [7, 11) is 0. The Kier molecular flexibility index (Phi) is 1.69. The van der Waals surface area contributed by atoms with Crippen molar-refractivity contribution in [2.75, 3.05) is 5.73 Å². The molecule has 0 bridgehead atoms. The average Bonchev–Trinajstić information content (AvgIpc) is 1.97. The van der Waals surface area contributed by atoms with Gasteiger partial charge in [0.05, 0.1) is 17.3 Å². The van der Waals surface area contributed by atoms with Gasteiger partial charge in [-0.2, -0.15) is 5.26 Å². The number of nitrogens with two attached hydrogens (primary N) is 1. The summed E-state index contributed by atoms with van der Waals surface area (Å²) in [5.41, 5.74) is 6.84. The van der Waals surface area contributed by atoms with Gasteiger partial charge in [-0.15, -0.1) is 0 Å². The summed E-state index contributed by atoms with van der Waals surface area (Å²) in [6.07, 6.45) is 0. The van der Waals surface area contributed by atoms with Crippen LogP contribution in [-0.2, 0) is 0 Å². The molecule has 3 heteroatoms. The van der Waals surface area contributed by atoms with E-state index in [0.717, 1.165) is 5.56 Å². The lowest BCUT2D eigenvalue weighted by Crippen LogP contribution is -1.89. The predicted octanol–water partition coefficient (Wildman–Crippen LogP) is 1.15. The van der Waals surface area contributed by atoms with Gasteiger partial charge in [-0.05, 0) is 24.6 Å². The standard InChI is InChI=1S/C8H8N2O/c1-5-2-8(11)7(10)3-6(5)4-9/h2-3,11H,10H2,1H3. The van der Waals surface area contributed by atoms with Crippen molar-refractivity contribution in [1.82, 2.24) is 0 Å². The van der Waals surface area contributed by atoms with Crippen LogP contribution < -0.4 is 5.73 Å². The third-order valence-electron chi connectivity index (χ3n) is 1.49. The maximum atomic E-state index is 9.09. The molecular weight excluding hydrogens is 140 g/mol. The SMILES string of the molecule is Cc1cc(O)c(N)cc1C#N. The molecule has 1 rings (SSSR count). The van der Waals surface area contributed by atoms with Crippen LogP contribution in [0, 0.1) is 18.3 Å². The van der Waals surface area contributed by atoms with Crippen LogP contribution in [0.5, 0.6) is 5.75 Å². The van der Waals surface area contributed by atoms with Crippen molar-refractivity contribution >= 4 is 5.69 Å². The van der Waals surface area contributed by atoms with Crippen molar-refractivity contribution < 1.29 is 5.11 Å². The average molecular weight is 148 g/mol. The molecule has 0 fully saturated rings. The predicted molar refractivity (Wildman–Crippen MR) is 42.0 cm³/mol. The Bertz CT molecular complexity index is 326. The molecule has 0 saturated heterocycles. The Morgan fingerprint density at radius 2 is 2.18 bits per heavy atom. The Morgan fingerprint density at radius 1 is 1.55 bits per heavy atom. The number of anilines is 1.